The second-order valence-corrected chi connectivity index (χ2v) is 8.99. The number of sulfonamides is 1. The van der Waals surface area contributed by atoms with Crippen LogP contribution in [0.5, 0.6) is 0 Å². The van der Waals surface area contributed by atoms with Crippen LogP contribution in [0.1, 0.15) is 22.3 Å². The highest BCUT2D eigenvalue weighted by Crippen LogP contribution is 2.25. The number of halogens is 4. The summed E-state index contributed by atoms with van der Waals surface area (Å²) in [6.07, 6.45) is -0.775. The number of hydrogen-bond donors (Lipinski definition) is 2. The minimum absolute atomic E-state index is 0.0682. The average Bonchev–Trinajstić information content (AvgIpc) is 2.73. The van der Waals surface area contributed by atoms with Gasteiger partial charge in [-0.05, 0) is 18.6 Å². The third-order valence-electron chi connectivity index (χ3n) is 4.83. The van der Waals surface area contributed by atoms with Gasteiger partial charge in [0.2, 0.25) is 10.0 Å². The molecule has 1 fully saturated rings. The first-order valence-corrected chi connectivity index (χ1v) is 11.0. The van der Waals surface area contributed by atoms with Crippen molar-refractivity contribution in [2.24, 2.45) is 0 Å². The highest BCUT2D eigenvalue weighted by atomic mass is 32.2. The lowest BCUT2D eigenvalue weighted by Gasteiger charge is -2.27. The number of aliphatic hydroxyl groups excluding tert-OH is 1. The molecule has 0 saturated carbocycles. The molecule has 3 rings (SSSR count). The number of alkyl halides is 1. The van der Waals surface area contributed by atoms with Crippen molar-refractivity contribution in [3.05, 3.63) is 58.9 Å². The number of carbonyl (C=O) groups excluding carboxylic acids is 1. The third-order valence-corrected chi connectivity index (χ3v) is 6.77. The molecular weight excluding hydrogens is 456 g/mol. The number of benzene rings is 2. The van der Waals surface area contributed by atoms with Gasteiger partial charge in [-0.1, -0.05) is 6.07 Å². The molecule has 1 amide bonds. The van der Waals surface area contributed by atoms with E-state index in [1.54, 1.807) is 0 Å². The van der Waals surface area contributed by atoms with Crippen LogP contribution in [0, 0.1) is 17.5 Å². The van der Waals surface area contributed by atoms with Gasteiger partial charge in [0, 0.05) is 48.6 Å². The van der Waals surface area contributed by atoms with E-state index in [0.717, 1.165) is 22.5 Å². The molecule has 1 aliphatic heterocycles. The molecule has 1 aliphatic rings. The van der Waals surface area contributed by atoms with Crippen molar-refractivity contribution >= 4 is 21.6 Å². The minimum atomic E-state index is -4.32. The van der Waals surface area contributed by atoms with Crippen molar-refractivity contribution in [2.75, 3.05) is 31.6 Å². The Balaban J connectivity index is 1.93. The number of amides is 1. The van der Waals surface area contributed by atoms with Crippen LogP contribution in [-0.4, -0.2) is 56.1 Å². The van der Waals surface area contributed by atoms with Gasteiger partial charge in [-0.3, -0.25) is 4.79 Å². The molecule has 1 atom stereocenters. The van der Waals surface area contributed by atoms with Gasteiger partial charge in [0.05, 0.1) is 17.6 Å². The lowest BCUT2D eigenvalue weighted by atomic mass is 10.1. The summed E-state index contributed by atoms with van der Waals surface area (Å²) >= 11 is 0. The molecule has 2 aromatic carbocycles. The van der Waals surface area contributed by atoms with Gasteiger partial charge in [-0.15, -0.1) is 0 Å². The molecule has 2 aromatic rings. The Labute approximate surface area is 181 Å². The van der Waals surface area contributed by atoms with E-state index >= 15 is 0 Å². The highest BCUT2D eigenvalue weighted by molar-refractivity contribution is 7.89. The van der Waals surface area contributed by atoms with E-state index in [-0.39, 0.29) is 43.9 Å². The summed E-state index contributed by atoms with van der Waals surface area (Å²) in [5.41, 5.74) is -0.845. The summed E-state index contributed by atoms with van der Waals surface area (Å²) in [6, 6.07) is 4.30. The summed E-state index contributed by atoms with van der Waals surface area (Å²) in [5, 5.41) is 12.1. The number of hydrogen-bond acceptors (Lipinski definition) is 5. The largest absolute Gasteiger partial charge is 0.392 e. The quantitative estimate of drug-likeness (QED) is 0.511. The van der Waals surface area contributed by atoms with Gasteiger partial charge in [-0.25, -0.2) is 26.0 Å². The number of ether oxygens (including phenoxy) is 1. The van der Waals surface area contributed by atoms with Crippen LogP contribution in [0.15, 0.2) is 35.2 Å². The van der Waals surface area contributed by atoms with Crippen molar-refractivity contribution in [1.29, 1.82) is 0 Å². The molecule has 0 bridgehead atoms. The summed E-state index contributed by atoms with van der Waals surface area (Å²) < 4.78 is 85.9. The molecule has 12 heteroatoms. The SMILES string of the molecule is O=C(Nc1cc(F)c(F)c(F)c1)c1ccc(CF)c(S(=O)(=O)N2CCOCCC(O)C2)c1. The van der Waals surface area contributed by atoms with E-state index in [4.69, 9.17) is 4.74 Å². The number of carbonyl (C=O) groups is 1. The molecule has 0 radical (unpaired) electrons. The number of β-amino-alcohol motifs (C(OH)–C–C–N with tert-alkyl or cyclic N) is 1. The Morgan fingerprint density at radius 2 is 1.84 bits per heavy atom. The van der Waals surface area contributed by atoms with Crippen molar-refractivity contribution in [1.82, 2.24) is 4.31 Å². The Kier molecular flexibility index (Phi) is 7.49. The van der Waals surface area contributed by atoms with Crippen LogP contribution in [0.4, 0.5) is 23.2 Å². The summed E-state index contributed by atoms with van der Waals surface area (Å²) in [6.45, 7) is -1.13. The van der Waals surface area contributed by atoms with Crippen molar-refractivity contribution < 1.29 is 40.6 Å². The first-order chi connectivity index (χ1) is 15.1. The van der Waals surface area contributed by atoms with Gasteiger partial charge in [0.15, 0.2) is 17.5 Å². The molecule has 2 N–H and O–H groups in total. The van der Waals surface area contributed by atoms with Crippen molar-refractivity contribution in [2.45, 2.75) is 24.1 Å². The van der Waals surface area contributed by atoms with Crippen LogP contribution in [0.2, 0.25) is 0 Å². The normalized spacial score (nSPS) is 18.1. The first-order valence-electron chi connectivity index (χ1n) is 9.54. The van der Waals surface area contributed by atoms with E-state index in [0.29, 0.717) is 12.1 Å². The second-order valence-electron chi connectivity index (χ2n) is 7.08. The van der Waals surface area contributed by atoms with E-state index in [1.807, 2.05) is 0 Å². The Hall–Kier alpha value is -2.54. The Morgan fingerprint density at radius 3 is 2.50 bits per heavy atom. The van der Waals surface area contributed by atoms with Gasteiger partial charge in [0.25, 0.3) is 5.91 Å². The van der Waals surface area contributed by atoms with E-state index < -0.39 is 56.7 Å². The van der Waals surface area contributed by atoms with Crippen LogP contribution in [0.3, 0.4) is 0 Å². The number of nitrogens with one attached hydrogen (secondary N) is 1. The van der Waals surface area contributed by atoms with Gasteiger partial charge in [0.1, 0.15) is 6.67 Å². The molecule has 0 aromatic heterocycles. The Bertz CT molecular complexity index is 1090. The molecule has 1 unspecified atom stereocenters. The first kappa shape index (κ1) is 24.1. The van der Waals surface area contributed by atoms with Crippen molar-refractivity contribution in [3.8, 4) is 0 Å². The summed E-state index contributed by atoms with van der Waals surface area (Å²) in [5.74, 6) is -5.69. The van der Waals surface area contributed by atoms with E-state index in [2.05, 4.69) is 5.32 Å². The van der Waals surface area contributed by atoms with Gasteiger partial charge >= 0.3 is 0 Å². The third kappa shape index (κ3) is 5.26. The monoisotopic (exact) mass is 476 g/mol. The molecular formula is C20H20F4N2O5S. The lowest BCUT2D eigenvalue weighted by Crippen LogP contribution is -2.42. The highest BCUT2D eigenvalue weighted by Gasteiger charge is 2.30. The maximum atomic E-state index is 13.5. The minimum Gasteiger partial charge on any atom is -0.392 e. The van der Waals surface area contributed by atoms with Crippen LogP contribution in [-0.2, 0) is 21.4 Å². The predicted octanol–water partition coefficient (Wildman–Crippen LogP) is 2.60. The fourth-order valence-corrected chi connectivity index (χ4v) is 4.83. The second kappa shape index (κ2) is 9.94. The standard InChI is InChI=1S/C20H20F4N2O5S/c21-10-13-2-1-12(20(28)25-14-8-16(22)19(24)17(23)9-14)7-18(13)32(29,30)26-4-6-31-5-3-15(27)11-26/h1-2,7-9,15,27H,3-6,10-11H2,(H,25,28). The number of nitrogens with zero attached hydrogens (tertiary/aromatic N) is 1. The molecule has 174 valence electrons. The van der Waals surface area contributed by atoms with Gasteiger partial charge < -0.3 is 15.2 Å². The van der Waals surface area contributed by atoms with Crippen LogP contribution >= 0.6 is 0 Å². The van der Waals surface area contributed by atoms with Crippen LogP contribution in [0.25, 0.3) is 0 Å². The molecule has 0 aliphatic carbocycles. The maximum absolute atomic E-state index is 13.5. The predicted molar refractivity (Wildman–Crippen MR) is 106 cm³/mol. The summed E-state index contributed by atoms with van der Waals surface area (Å²) in [4.78, 5) is 12.0. The van der Waals surface area contributed by atoms with Gasteiger partial charge in [-0.2, -0.15) is 4.31 Å². The maximum Gasteiger partial charge on any atom is 0.255 e. The number of rotatable bonds is 5. The molecule has 0 spiro atoms. The fourth-order valence-electron chi connectivity index (χ4n) is 3.14. The smallest absolute Gasteiger partial charge is 0.255 e. The van der Waals surface area contributed by atoms with Crippen molar-refractivity contribution in [3.63, 3.8) is 0 Å². The fraction of sp³-hybridized carbons (Fsp3) is 0.350. The zero-order chi connectivity index (χ0) is 23.5. The molecule has 1 heterocycles. The summed E-state index contributed by atoms with van der Waals surface area (Å²) in [7, 11) is -4.32. The topological polar surface area (TPSA) is 95.9 Å². The lowest BCUT2D eigenvalue weighted by molar-refractivity contribution is 0.0423. The zero-order valence-electron chi connectivity index (χ0n) is 16.7. The molecule has 1 saturated heterocycles. The Morgan fingerprint density at radius 1 is 1.16 bits per heavy atom. The van der Waals surface area contributed by atoms with E-state index in [1.165, 1.54) is 0 Å². The van der Waals surface area contributed by atoms with E-state index in [9.17, 15) is 35.9 Å². The molecule has 32 heavy (non-hydrogen) atoms. The number of aliphatic hydroxyl groups is 1. The molecule has 7 nitrogen and oxygen atoms in total. The number of anilines is 1. The van der Waals surface area contributed by atoms with Crippen LogP contribution < -0.4 is 5.32 Å². The zero-order valence-corrected chi connectivity index (χ0v) is 17.5. The average molecular weight is 476 g/mol.